The molecule has 0 aliphatic rings. The quantitative estimate of drug-likeness (QED) is 0.149. The second kappa shape index (κ2) is 14.4. The van der Waals surface area contributed by atoms with Crippen LogP contribution in [0, 0.1) is 11.3 Å². The van der Waals surface area contributed by atoms with Crippen molar-refractivity contribution in [2.75, 3.05) is 65.5 Å². The number of methoxy groups -OCH3 is 1. The summed E-state index contributed by atoms with van der Waals surface area (Å²) >= 11 is 0. The Bertz CT molecular complexity index is 1780. The maximum Gasteiger partial charge on any atom is 0.332 e. The third kappa shape index (κ3) is 8.16. The number of alkyl halides is 2. The normalized spacial score (nSPS) is 13.0. The van der Waals surface area contributed by atoms with E-state index in [1.54, 1.807) is 53.9 Å². The van der Waals surface area contributed by atoms with Gasteiger partial charge in [0.15, 0.2) is 6.04 Å². The van der Waals surface area contributed by atoms with Crippen molar-refractivity contribution in [2.45, 2.75) is 25.6 Å². The van der Waals surface area contributed by atoms with Crippen LogP contribution in [-0.4, -0.2) is 102 Å². The Kier molecular flexibility index (Phi) is 10.8. The average molecular weight is 645 g/mol. The molecule has 14 heteroatoms. The van der Waals surface area contributed by atoms with Crippen LogP contribution >= 0.6 is 10.0 Å². The highest BCUT2D eigenvalue weighted by molar-refractivity contribution is 8.32. The van der Waals surface area contributed by atoms with E-state index >= 15 is 0 Å². The molecule has 0 saturated heterocycles. The number of halogens is 2. The van der Waals surface area contributed by atoms with Gasteiger partial charge in [-0.3, -0.25) is 4.79 Å². The summed E-state index contributed by atoms with van der Waals surface area (Å²) in [6.45, 7) is -0.0853. The highest BCUT2D eigenvalue weighted by Gasteiger charge is 2.27. The summed E-state index contributed by atoms with van der Waals surface area (Å²) in [4.78, 5) is 33.0. The molecule has 2 aromatic carbocycles. The lowest BCUT2D eigenvalue weighted by atomic mass is 10.1. The lowest BCUT2D eigenvalue weighted by Gasteiger charge is -2.24. The molecule has 0 bridgehead atoms. The van der Waals surface area contributed by atoms with Crippen molar-refractivity contribution in [3.63, 3.8) is 0 Å². The molecule has 2 aromatic heterocycles. The van der Waals surface area contributed by atoms with Crippen molar-refractivity contribution in [1.29, 1.82) is 5.26 Å². The van der Waals surface area contributed by atoms with Gasteiger partial charge < -0.3 is 23.7 Å². The highest BCUT2D eigenvalue weighted by Crippen LogP contribution is 2.34. The fraction of sp³-hybridized carbons (Fsp3) is 0.452. The third-order valence-electron chi connectivity index (χ3n) is 7.01. The van der Waals surface area contributed by atoms with E-state index < -0.39 is 40.6 Å². The van der Waals surface area contributed by atoms with Crippen LogP contribution in [0.15, 0.2) is 41.2 Å². The van der Waals surface area contributed by atoms with E-state index in [-0.39, 0.29) is 31.0 Å². The molecule has 0 aliphatic carbocycles. The highest BCUT2D eigenvalue weighted by atomic mass is 32.3. The van der Waals surface area contributed by atoms with Crippen LogP contribution in [0.4, 0.5) is 8.78 Å². The molecule has 0 N–H and O–H groups in total. The number of nitrogens with zero attached hydrogens (tertiary/aromatic N) is 6. The van der Waals surface area contributed by atoms with E-state index in [0.717, 1.165) is 10.4 Å². The van der Waals surface area contributed by atoms with Gasteiger partial charge in [-0.25, -0.2) is 33.3 Å². The van der Waals surface area contributed by atoms with Gasteiger partial charge in [-0.1, -0.05) is 18.2 Å². The number of ether oxygens (including phenoxy) is 3. The zero-order valence-corrected chi connectivity index (χ0v) is 27.1. The Balaban J connectivity index is 1.87. The Labute approximate surface area is 261 Å². The van der Waals surface area contributed by atoms with Crippen molar-refractivity contribution in [3.8, 4) is 11.8 Å². The van der Waals surface area contributed by atoms with Gasteiger partial charge in [-0.15, -0.1) is 0 Å². The first-order chi connectivity index (χ1) is 21.3. The van der Waals surface area contributed by atoms with Gasteiger partial charge in [-0.05, 0) is 45.0 Å². The van der Waals surface area contributed by atoms with Crippen LogP contribution in [0.2, 0.25) is 0 Å². The van der Waals surface area contributed by atoms with E-state index in [1.807, 2.05) is 6.07 Å². The number of nitriles is 1. The largest absolute Gasteiger partial charge is 0.486 e. The van der Waals surface area contributed by atoms with Crippen LogP contribution in [0.5, 0.6) is 5.75 Å². The fourth-order valence-corrected chi connectivity index (χ4v) is 5.42. The smallest absolute Gasteiger partial charge is 0.332 e. The second-order valence-electron chi connectivity index (χ2n) is 11.7. The molecule has 0 fully saturated rings. The molecule has 0 spiro atoms. The van der Waals surface area contributed by atoms with Crippen LogP contribution in [0.1, 0.15) is 23.1 Å². The summed E-state index contributed by atoms with van der Waals surface area (Å²) in [6, 6.07) is 11.0. The number of likely N-dealkylation sites (N-methyl/N-ethyl adjacent to an activating group) is 1. The first-order valence-corrected chi connectivity index (χ1v) is 17.2. The molecule has 1 atom stereocenters. The summed E-state index contributed by atoms with van der Waals surface area (Å²) in [5.74, 6) is 0.761. The molecular weight excluding hydrogens is 606 g/mol. The van der Waals surface area contributed by atoms with Crippen molar-refractivity contribution in [1.82, 2.24) is 24.2 Å². The number of esters is 1. The van der Waals surface area contributed by atoms with Gasteiger partial charge in [0.25, 0.3) is 12.0 Å². The number of hydrogen-bond acceptors (Lipinski definition) is 9. The fourth-order valence-electron chi connectivity index (χ4n) is 4.80. The number of rotatable bonds is 14. The molecule has 11 nitrogen and oxygen atoms in total. The van der Waals surface area contributed by atoms with E-state index in [2.05, 4.69) is 23.9 Å². The average Bonchev–Trinajstić information content (AvgIpc) is 3.32. The number of carbonyl (C=O) groups excluding carboxylic acids is 1. The van der Waals surface area contributed by atoms with Crippen molar-refractivity contribution < 1.29 is 27.8 Å². The predicted octanol–water partition coefficient (Wildman–Crippen LogP) is 3.80. The maximum absolute atomic E-state index is 13.6. The van der Waals surface area contributed by atoms with Crippen LogP contribution < -0.4 is 10.3 Å². The first-order valence-electron chi connectivity index (χ1n) is 14.1. The molecule has 4 rings (SSSR count). The molecule has 2 heterocycles. The van der Waals surface area contributed by atoms with Crippen molar-refractivity contribution >= 4 is 37.8 Å². The minimum absolute atomic E-state index is 0.000445. The number of fused-ring (bicyclic) bond motifs is 2. The number of hydrogen-bond donors (Lipinski definition) is 0. The minimum atomic E-state index is -2.71. The van der Waals surface area contributed by atoms with Gasteiger partial charge in [0.1, 0.15) is 31.0 Å². The van der Waals surface area contributed by atoms with Gasteiger partial charge in [0.2, 0.25) is 0 Å². The van der Waals surface area contributed by atoms with E-state index in [4.69, 9.17) is 19.2 Å². The zero-order valence-electron chi connectivity index (χ0n) is 26.3. The van der Waals surface area contributed by atoms with Gasteiger partial charge in [0, 0.05) is 23.8 Å². The summed E-state index contributed by atoms with van der Waals surface area (Å²) in [5.41, 5.74) is 1.08. The molecule has 1 unspecified atom stereocenters. The minimum Gasteiger partial charge on any atom is -0.486 e. The van der Waals surface area contributed by atoms with Crippen molar-refractivity contribution in [3.05, 3.63) is 63.8 Å². The molecular formula is C31H38F2N6O5S. The molecule has 0 saturated carbocycles. The second-order valence-corrected chi connectivity index (χ2v) is 16.2. The predicted molar refractivity (Wildman–Crippen MR) is 171 cm³/mol. The lowest BCUT2D eigenvalue weighted by Crippen LogP contribution is -2.39. The van der Waals surface area contributed by atoms with Crippen LogP contribution in [0.3, 0.4) is 0 Å². The maximum atomic E-state index is 13.6. The van der Waals surface area contributed by atoms with Crippen LogP contribution in [0.25, 0.3) is 21.8 Å². The number of benzene rings is 2. The van der Waals surface area contributed by atoms with Crippen LogP contribution in [-0.2, 0) is 27.4 Å². The molecule has 0 radical (unpaired) electrons. The van der Waals surface area contributed by atoms with Gasteiger partial charge in [-0.2, -0.15) is 10.4 Å². The molecule has 45 heavy (non-hydrogen) atoms. The number of imidazole rings is 1. The Morgan fingerprint density at radius 2 is 1.87 bits per heavy atom. The van der Waals surface area contributed by atoms with Crippen molar-refractivity contribution in [2.24, 2.45) is 0 Å². The summed E-state index contributed by atoms with van der Waals surface area (Å²) < 4.78 is 45.1. The Morgan fingerprint density at radius 1 is 1.16 bits per heavy atom. The SMILES string of the molecule is COC(=O)C(CN(C)C)n1nc(Cc2nc3cc(OCC(F)F)c(C#N)cc3n2COCCS(C)(C)C)c2ccccc2c1=O. The van der Waals surface area contributed by atoms with E-state index in [9.17, 15) is 23.6 Å². The summed E-state index contributed by atoms with van der Waals surface area (Å²) in [5, 5.41) is 15.4. The lowest BCUT2D eigenvalue weighted by molar-refractivity contribution is -0.145. The van der Waals surface area contributed by atoms with Gasteiger partial charge >= 0.3 is 5.97 Å². The monoisotopic (exact) mass is 644 g/mol. The number of aromatic nitrogens is 4. The first kappa shape index (κ1) is 33.8. The van der Waals surface area contributed by atoms with E-state index in [0.29, 0.717) is 39.9 Å². The van der Waals surface area contributed by atoms with E-state index in [1.165, 1.54) is 13.2 Å². The third-order valence-corrected chi connectivity index (χ3v) is 8.40. The topological polar surface area (TPSA) is 125 Å². The Hall–Kier alpha value is -4.06. The molecule has 0 amide bonds. The Morgan fingerprint density at radius 3 is 2.49 bits per heavy atom. The molecule has 242 valence electrons. The summed E-state index contributed by atoms with van der Waals surface area (Å²) in [6.07, 6.45) is 3.98. The zero-order chi connectivity index (χ0) is 32.9. The standard InChI is InChI=1S/C31H38F2N6O5S/c1-37(2)17-26(31(41)42-3)39-30(40)22-10-8-7-9-21(22)23(36-39)15-29-35-24-14-27(44-18-28(32)33)20(16-34)13-25(24)38(29)19-43-11-12-45(4,5)6/h7-10,13-14,26,28H,11-12,15,17-19H2,1-6H3. The molecule has 4 aromatic rings. The van der Waals surface area contributed by atoms with Gasteiger partial charge in [0.05, 0.1) is 47.8 Å². The number of carbonyl (C=O) groups is 1. The summed E-state index contributed by atoms with van der Waals surface area (Å²) in [7, 11) is 4.01. The molecule has 0 aliphatic heterocycles.